The molecule has 1 rings (SSSR count). The van der Waals surface area contributed by atoms with Crippen LogP contribution >= 0.6 is 11.6 Å². The summed E-state index contributed by atoms with van der Waals surface area (Å²) in [5.41, 5.74) is 0.514. The summed E-state index contributed by atoms with van der Waals surface area (Å²) in [7, 11) is 1.52. The highest BCUT2D eigenvalue weighted by Crippen LogP contribution is 2.07. The maximum atomic E-state index is 5.38. The first-order valence-corrected chi connectivity index (χ1v) is 3.81. The van der Waals surface area contributed by atoms with Crippen LogP contribution in [0, 0.1) is 11.8 Å². The number of hydrogen-bond acceptors (Lipinski definition) is 3. The molecule has 1 heterocycles. The van der Waals surface area contributed by atoms with Gasteiger partial charge in [-0.1, -0.05) is 5.92 Å². The molecule has 62 valence electrons. The Morgan fingerprint density at radius 1 is 1.50 bits per heavy atom. The lowest BCUT2D eigenvalue weighted by molar-refractivity contribution is 0.394. The van der Waals surface area contributed by atoms with Crippen LogP contribution in [-0.2, 0) is 0 Å². The lowest BCUT2D eigenvalue weighted by Gasteiger charge is -1.97. The molecule has 1 aromatic rings. The quantitative estimate of drug-likeness (QED) is 0.482. The molecule has 4 heteroatoms. The number of alkyl halides is 1. The minimum absolute atomic E-state index is 0.278. The van der Waals surface area contributed by atoms with Gasteiger partial charge in [0.25, 0.3) is 0 Å². The number of nitrogens with zero attached hydrogens (tertiary/aromatic N) is 2. The van der Waals surface area contributed by atoms with Gasteiger partial charge in [0.2, 0.25) is 5.88 Å². The third-order valence-electron chi connectivity index (χ3n) is 1.13. The van der Waals surface area contributed by atoms with Crippen LogP contribution in [0.4, 0.5) is 0 Å². The van der Waals surface area contributed by atoms with Gasteiger partial charge in [-0.05, 0) is 5.92 Å². The van der Waals surface area contributed by atoms with Crippen molar-refractivity contribution >= 4 is 11.6 Å². The van der Waals surface area contributed by atoms with Crippen LogP contribution in [0.15, 0.2) is 12.4 Å². The fraction of sp³-hybridized carbons (Fsp3) is 0.250. The summed E-state index contributed by atoms with van der Waals surface area (Å²) in [5.74, 6) is 6.11. The summed E-state index contributed by atoms with van der Waals surface area (Å²) in [5, 5.41) is 0. The molecule has 0 radical (unpaired) electrons. The number of halogens is 1. The van der Waals surface area contributed by atoms with Gasteiger partial charge in [0.05, 0.1) is 13.0 Å². The Hall–Kier alpha value is -1.27. The van der Waals surface area contributed by atoms with Gasteiger partial charge >= 0.3 is 0 Å². The maximum Gasteiger partial charge on any atom is 0.248 e. The molecule has 0 aliphatic rings. The van der Waals surface area contributed by atoms with Crippen LogP contribution < -0.4 is 4.74 Å². The molecule has 0 unspecified atom stereocenters. The Morgan fingerprint density at radius 2 is 2.25 bits per heavy atom. The highest BCUT2D eigenvalue weighted by atomic mass is 35.5. The van der Waals surface area contributed by atoms with Crippen molar-refractivity contribution in [2.45, 2.75) is 0 Å². The molecule has 0 amide bonds. The zero-order chi connectivity index (χ0) is 8.81. The Balaban J connectivity index is 2.97. The standard InChI is InChI=1S/C8H7ClN2O/c1-12-8-7(3-2-4-9)10-5-6-11-8/h5-6H,4H2,1H3. The second kappa shape index (κ2) is 4.58. The van der Waals surface area contributed by atoms with E-state index in [9.17, 15) is 0 Å². The van der Waals surface area contributed by atoms with Crippen LogP contribution in [0.1, 0.15) is 5.69 Å². The Kier molecular flexibility index (Phi) is 3.36. The summed E-state index contributed by atoms with van der Waals surface area (Å²) in [4.78, 5) is 7.89. The molecular weight excluding hydrogens is 176 g/mol. The van der Waals surface area contributed by atoms with E-state index in [-0.39, 0.29) is 5.88 Å². The topological polar surface area (TPSA) is 35.0 Å². The first kappa shape index (κ1) is 8.82. The van der Waals surface area contributed by atoms with Crippen molar-refractivity contribution in [3.05, 3.63) is 18.1 Å². The molecule has 0 atom stereocenters. The first-order valence-electron chi connectivity index (χ1n) is 3.28. The number of aromatic nitrogens is 2. The van der Waals surface area contributed by atoms with E-state index in [1.54, 1.807) is 12.4 Å². The number of hydrogen-bond donors (Lipinski definition) is 0. The van der Waals surface area contributed by atoms with Gasteiger partial charge in [0, 0.05) is 12.4 Å². The van der Waals surface area contributed by atoms with Crippen molar-refractivity contribution in [1.29, 1.82) is 0 Å². The van der Waals surface area contributed by atoms with E-state index < -0.39 is 0 Å². The predicted molar refractivity (Wildman–Crippen MR) is 46.2 cm³/mol. The third kappa shape index (κ3) is 2.11. The van der Waals surface area contributed by atoms with E-state index in [2.05, 4.69) is 21.8 Å². The summed E-state index contributed by atoms with van der Waals surface area (Å²) < 4.78 is 4.92. The highest BCUT2D eigenvalue weighted by Gasteiger charge is 1.99. The number of rotatable bonds is 1. The molecule has 12 heavy (non-hydrogen) atoms. The van der Waals surface area contributed by atoms with Gasteiger partial charge in [0.15, 0.2) is 5.69 Å². The zero-order valence-corrected chi connectivity index (χ0v) is 7.30. The lowest BCUT2D eigenvalue weighted by Crippen LogP contribution is -1.93. The van der Waals surface area contributed by atoms with Crippen molar-refractivity contribution < 1.29 is 4.74 Å². The largest absolute Gasteiger partial charge is 0.479 e. The van der Waals surface area contributed by atoms with Gasteiger partial charge in [-0.2, -0.15) is 0 Å². The fourth-order valence-electron chi connectivity index (χ4n) is 0.678. The van der Waals surface area contributed by atoms with Crippen LogP contribution in [-0.4, -0.2) is 23.0 Å². The minimum Gasteiger partial charge on any atom is -0.479 e. The molecule has 1 aromatic heterocycles. The molecule has 3 nitrogen and oxygen atoms in total. The van der Waals surface area contributed by atoms with Crippen LogP contribution in [0.25, 0.3) is 0 Å². The molecule has 0 bridgehead atoms. The van der Waals surface area contributed by atoms with Gasteiger partial charge in [-0.15, -0.1) is 11.6 Å². The molecule has 0 saturated carbocycles. The Labute approximate surface area is 75.7 Å². The SMILES string of the molecule is COc1nccnc1C#CCCl. The molecule has 0 spiro atoms. The van der Waals surface area contributed by atoms with Crippen molar-refractivity contribution in [2.75, 3.05) is 13.0 Å². The monoisotopic (exact) mass is 182 g/mol. The van der Waals surface area contributed by atoms with Crippen LogP contribution in [0.5, 0.6) is 5.88 Å². The Bertz CT molecular complexity index is 316. The van der Waals surface area contributed by atoms with E-state index in [4.69, 9.17) is 16.3 Å². The fourth-order valence-corrected chi connectivity index (χ4v) is 0.744. The average molecular weight is 183 g/mol. The highest BCUT2D eigenvalue weighted by molar-refractivity contribution is 6.19. The van der Waals surface area contributed by atoms with E-state index >= 15 is 0 Å². The summed E-state index contributed by atoms with van der Waals surface area (Å²) >= 11 is 5.38. The van der Waals surface area contributed by atoms with E-state index in [1.807, 2.05) is 0 Å². The molecule has 0 aliphatic heterocycles. The Morgan fingerprint density at radius 3 is 2.92 bits per heavy atom. The summed E-state index contributed by atoms with van der Waals surface area (Å²) in [6, 6.07) is 0. The summed E-state index contributed by atoms with van der Waals surface area (Å²) in [6.07, 6.45) is 3.10. The second-order valence-electron chi connectivity index (χ2n) is 1.85. The normalized spacial score (nSPS) is 8.50. The van der Waals surface area contributed by atoms with Crippen molar-refractivity contribution in [3.63, 3.8) is 0 Å². The van der Waals surface area contributed by atoms with Crippen molar-refractivity contribution in [1.82, 2.24) is 9.97 Å². The molecule has 0 aromatic carbocycles. The van der Waals surface area contributed by atoms with Crippen molar-refractivity contribution in [2.24, 2.45) is 0 Å². The first-order chi connectivity index (χ1) is 5.88. The van der Waals surface area contributed by atoms with Gasteiger partial charge < -0.3 is 4.74 Å². The molecule has 0 saturated heterocycles. The molecule has 0 N–H and O–H groups in total. The smallest absolute Gasteiger partial charge is 0.248 e. The van der Waals surface area contributed by atoms with E-state index in [0.717, 1.165) is 0 Å². The van der Waals surface area contributed by atoms with E-state index in [1.165, 1.54) is 7.11 Å². The number of methoxy groups -OCH3 is 1. The summed E-state index contributed by atoms with van der Waals surface area (Å²) in [6.45, 7) is 0. The zero-order valence-electron chi connectivity index (χ0n) is 6.54. The third-order valence-corrected chi connectivity index (χ3v) is 1.27. The minimum atomic E-state index is 0.278. The van der Waals surface area contributed by atoms with Crippen LogP contribution in [0.2, 0.25) is 0 Å². The average Bonchev–Trinajstić information content (AvgIpc) is 2.15. The molecular formula is C8H7ClN2O. The molecule has 0 aliphatic carbocycles. The second-order valence-corrected chi connectivity index (χ2v) is 2.12. The van der Waals surface area contributed by atoms with Gasteiger partial charge in [-0.3, -0.25) is 0 Å². The lowest BCUT2D eigenvalue weighted by atomic mass is 10.4. The number of ether oxygens (including phenoxy) is 1. The van der Waals surface area contributed by atoms with E-state index in [0.29, 0.717) is 11.6 Å². The molecule has 0 fully saturated rings. The van der Waals surface area contributed by atoms with Crippen molar-refractivity contribution in [3.8, 4) is 17.7 Å². The van der Waals surface area contributed by atoms with Gasteiger partial charge in [-0.25, -0.2) is 9.97 Å². The van der Waals surface area contributed by atoms with Crippen LogP contribution in [0.3, 0.4) is 0 Å². The van der Waals surface area contributed by atoms with Gasteiger partial charge in [0.1, 0.15) is 0 Å². The predicted octanol–water partition coefficient (Wildman–Crippen LogP) is 1.08. The maximum absolute atomic E-state index is 5.38.